The van der Waals surface area contributed by atoms with E-state index in [4.69, 9.17) is 23.9 Å². The SMILES string of the molecule is COc1ccc(OC)c2sc(N(CC3CCCO3)C(=O)COc3ccccc3C)nc12. The first kappa shape index (κ1) is 21.4. The number of rotatable bonds is 8. The summed E-state index contributed by atoms with van der Waals surface area (Å²) in [5, 5.41) is 0.576. The highest BCUT2D eigenvalue weighted by molar-refractivity contribution is 7.22. The molecule has 4 rings (SSSR count). The fourth-order valence-corrected chi connectivity index (χ4v) is 4.71. The first-order chi connectivity index (χ1) is 15.1. The van der Waals surface area contributed by atoms with Crippen molar-refractivity contribution in [1.29, 1.82) is 0 Å². The number of thiazole rings is 1. The largest absolute Gasteiger partial charge is 0.495 e. The third kappa shape index (κ3) is 4.60. The van der Waals surface area contributed by atoms with Gasteiger partial charge in [-0.2, -0.15) is 0 Å². The minimum Gasteiger partial charge on any atom is -0.495 e. The molecule has 2 aromatic carbocycles. The summed E-state index contributed by atoms with van der Waals surface area (Å²) in [4.78, 5) is 19.7. The van der Waals surface area contributed by atoms with Gasteiger partial charge in [0.15, 0.2) is 11.7 Å². The maximum absolute atomic E-state index is 13.3. The molecular weight excluding hydrogens is 416 g/mol. The van der Waals surface area contributed by atoms with Crippen LogP contribution in [0.5, 0.6) is 17.2 Å². The molecule has 0 spiro atoms. The number of nitrogens with zero attached hydrogens (tertiary/aromatic N) is 2. The molecule has 8 heteroatoms. The summed E-state index contributed by atoms with van der Waals surface area (Å²) < 4.78 is 23.4. The molecule has 1 unspecified atom stereocenters. The lowest BCUT2D eigenvalue weighted by Crippen LogP contribution is -2.40. The summed E-state index contributed by atoms with van der Waals surface area (Å²) in [6, 6.07) is 11.3. The Morgan fingerprint density at radius 1 is 1.16 bits per heavy atom. The number of amides is 1. The Balaban J connectivity index is 1.64. The van der Waals surface area contributed by atoms with Gasteiger partial charge >= 0.3 is 0 Å². The van der Waals surface area contributed by atoms with Crippen LogP contribution in [0.3, 0.4) is 0 Å². The Bertz CT molecular complexity index is 1020. The summed E-state index contributed by atoms with van der Waals surface area (Å²) in [5.41, 5.74) is 1.65. The number of ether oxygens (including phenoxy) is 4. The van der Waals surface area contributed by atoms with E-state index >= 15 is 0 Å². The number of hydrogen-bond donors (Lipinski definition) is 0. The number of aryl methyl sites for hydroxylation is 1. The third-order valence-electron chi connectivity index (χ3n) is 5.29. The number of methoxy groups -OCH3 is 2. The summed E-state index contributed by atoms with van der Waals surface area (Å²) in [7, 11) is 3.22. The van der Waals surface area contributed by atoms with Gasteiger partial charge in [0.05, 0.1) is 26.9 Å². The normalized spacial score (nSPS) is 15.8. The second kappa shape index (κ2) is 9.53. The van der Waals surface area contributed by atoms with Gasteiger partial charge in [-0.1, -0.05) is 29.5 Å². The predicted molar refractivity (Wildman–Crippen MR) is 121 cm³/mol. The maximum Gasteiger partial charge on any atom is 0.266 e. The minimum atomic E-state index is -0.171. The molecule has 31 heavy (non-hydrogen) atoms. The molecule has 0 bridgehead atoms. The molecule has 0 N–H and O–H groups in total. The van der Waals surface area contributed by atoms with Gasteiger partial charge in [-0.05, 0) is 43.5 Å². The smallest absolute Gasteiger partial charge is 0.266 e. The fourth-order valence-electron chi connectivity index (χ4n) is 3.60. The summed E-state index contributed by atoms with van der Waals surface area (Å²) in [6.07, 6.45) is 1.90. The molecule has 2 heterocycles. The summed E-state index contributed by atoms with van der Waals surface area (Å²) in [6.45, 7) is 3.02. The van der Waals surface area contributed by atoms with E-state index in [1.54, 1.807) is 19.1 Å². The van der Waals surface area contributed by atoms with E-state index < -0.39 is 0 Å². The molecule has 3 aromatic rings. The molecule has 0 saturated carbocycles. The standard InChI is InChI=1S/C23H26N2O5S/c1-15-7-4-5-9-17(15)30-14-20(26)25(13-16-8-6-12-29-16)23-24-21-18(27-2)10-11-19(28-3)22(21)31-23/h4-5,7,9-11,16H,6,8,12-14H2,1-3H3. The van der Waals surface area contributed by atoms with Crippen molar-refractivity contribution in [3.05, 3.63) is 42.0 Å². The van der Waals surface area contributed by atoms with Crippen LogP contribution in [-0.4, -0.2) is 51.0 Å². The zero-order valence-corrected chi connectivity index (χ0v) is 18.7. The number of fused-ring (bicyclic) bond motifs is 1. The Hall–Kier alpha value is -2.84. The van der Waals surface area contributed by atoms with Crippen molar-refractivity contribution in [3.8, 4) is 17.2 Å². The lowest BCUT2D eigenvalue weighted by Gasteiger charge is -2.23. The van der Waals surface area contributed by atoms with Crippen LogP contribution in [0.1, 0.15) is 18.4 Å². The Morgan fingerprint density at radius 3 is 2.65 bits per heavy atom. The van der Waals surface area contributed by atoms with Gasteiger partial charge in [0.1, 0.15) is 27.5 Å². The molecule has 7 nitrogen and oxygen atoms in total. The van der Waals surface area contributed by atoms with E-state index in [-0.39, 0.29) is 18.6 Å². The van der Waals surface area contributed by atoms with E-state index in [1.807, 2.05) is 43.3 Å². The van der Waals surface area contributed by atoms with Gasteiger partial charge in [-0.25, -0.2) is 4.98 Å². The van der Waals surface area contributed by atoms with Gasteiger partial charge < -0.3 is 18.9 Å². The van der Waals surface area contributed by atoms with Crippen LogP contribution in [0.2, 0.25) is 0 Å². The van der Waals surface area contributed by atoms with Crippen molar-refractivity contribution >= 4 is 32.6 Å². The molecule has 164 valence electrons. The summed E-state index contributed by atoms with van der Waals surface area (Å²) in [5.74, 6) is 1.86. The molecule has 1 amide bonds. The highest BCUT2D eigenvalue weighted by Gasteiger charge is 2.27. The topological polar surface area (TPSA) is 70.1 Å². The van der Waals surface area contributed by atoms with Gasteiger partial charge in [-0.3, -0.25) is 9.69 Å². The van der Waals surface area contributed by atoms with Crippen molar-refractivity contribution in [2.45, 2.75) is 25.9 Å². The van der Waals surface area contributed by atoms with Crippen LogP contribution >= 0.6 is 11.3 Å². The van der Waals surface area contributed by atoms with E-state index in [1.165, 1.54) is 11.3 Å². The maximum atomic E-state index is 13.3. The van der Waals surface area contributed by atoms with Crippen molar-refractivity contribution in [3.63, 3.8) is 0 Å². The van der Waals surface area contributed by atoms with Crippen LogP contribution < -0.4 is 19.1 Å². The molecule has 1 fully saturated rings. The summed E-state index contributed by atoms with van der Waals surface area (Å²) >= 11 is 1.40. The number of aromatic nitrogens is 1. The van der Waals surface area contributed by atoms with Crippen molar-refractivity contribution in [2.24, 2.45) is 0 Å². The Labute approximate surface area is 185 Å². The highest BCUT2D eigenvalue weighted by Crippen LogP contribution is 2.40. The zero-order chi connectivity index (χ0) is 21.8. The molecule has 0 aliphatic carbocycles. The quantitative estimate of drug-likeness (QED) is 0.520. The fraction of sp³-hybridized carbons (Fsp3) is 0.391. The second-order valence-electron chi connectivity index (χ2n) is 7.34. The van der Waals surface area contributed by atoms with Crippen LogP contribution in [-0.2, 0) is 9.53 Å². The zero-order valence-electron chi connectivity index (χ0n) is 17.9. The van der Waals surface area contributed by atoms with Gasteiger partial charge in [-0.15, -0.1) is 0 Å². The van der Waals surface area contributed by atoms with Crippen LogP contribution in [0.15, 0.2) is 36.4 Å². The molecule has 1 aliphatic rings. The van der Waals surface area contributed by atoms with Crippen LogP contribution in [0.4, 0.5) is 5.13 Å². The van der Waals surface area contributed by atoms with Crippen LogP contribution in [0, 0.1) is 6.92 Å². The second-order valence-corrected chi connectivity index (χ2v) is 8.32. The van der Waals surface area contributed by atoms with Crippen molar-refractivity contribution < 1.29 is 23.7 Å². The Morgan fingerprint density at radius 2 is 1.94 bits per heavy atom. The number of carbonyl (C=O) groups is 1. The van der Waals surface area contributed by atoms with Gasteiger partial charge in [0.25, 0.3) is 5.91 Å². The molecule has 1 aromatic heterocycles. The molecule has 1 atom stereocenters. The predicted octanol–water partition coefficient (Wildman–Crippen LogP) is 4.21. The highest BCUT2D eigenvalue weighted by atomic mass is 32.1. The number of carbonyl (C=O) groups excluding carboxylic acids is 1. The Kier molecular flexibility index (Phi) is 6.58. The first-order valence-corrected chi connectivity index (χ1v) is 11.0. The average molecular weight is 443 g/mol. The lowest BCUT2D eigenvalue weighted by atomic mass is 10.2. The van der Waals surface area contributed by atoms with E-state index in [9.17, 15) is 4.79 Å². The van der Waals surface area contributed by atoms with Crippen molar-refractivity contribution in [1.82, 2.24) is 4.98 Å². The number of para-hydroxylation sites is 1. The molecular formula is C23H26N2O5S. The first-order valence-electron chi connectivity index (χ1n) is 10.2. The third-order valence-corrected chi connectivity index (χ3v) is 6.38. The van der Waals surface area contributed by atoms with Gasteiger partial charge in [0, 0.05) is 6.61 Å². The monoisotopic (exact) mass is 442 g/mol. The number of anilines is 1. The van der Waals surface area contributed by atoms with Crippen LogP contribution in [0.25, 0.3) is 10.2 Å². The minimum absolute atomic E-state index is 0.0155. The molecule has 1 aliphatic heterocycles. The average Bonchev–Trinajstić information content (AvgIpc) is 3.46. The molecule has 1 saturated heterocycles. The van der Waals surface area contributed by atoms with Crippen molar-refractivity contribution in [2.75, 3.05) is 38.9 Å². The lowest BCUT2D eigenvalue weighted by molar-refractivity contribution is -0.120. The van der Waals surface area contributed by atoms with E-state index in [0.29, 0.717) is 41.0 Å². The van der Waals surface area contributed by atoms with E-state index in [2.05, 4.69) is 0 Å². The van der Waals surface area contributed by atoms with E-state index in [0.717, 1.165) is 23.1 Å². The number of hydrogen-bond acceptors (Lipinski definition) is 7. The number of benzene rings is 2. The molecule has 0 radical (unpaired) electrons. The van der Waals surface area contributed by atoms with Gasteiger partial charge in [0.2, 0.25) is 0 Å².